The number of pyridine rings is 1. The molecular formula is C20H15Br2NO2. The molecule has 0 radical (unpaired) electrons. The molecule has 0 atom stereocenters. The molecule has 0 fully saturated rings. The van der Waals surface area contributed by atoms with E-state index in [2.05, 4.69) is 31.9 Å². The van der Waals surface area contributed by atoms with E-state index in [1.807, 2.05) is 48.5 Å². The van der Waals surface area contributed by atoms with Gasteiger partial charge in [0.25, 0.3) is 0 Å². The first-order chi connectivity index (χ1) is 12.1. The Balaban J connectivity index is 2.12. The first kappa shape index (κ1) is 17.8. The van der Waals surface area contributed by atoms with Crippen molar-refractivity contribution in [3.05, 3.63) is 75.2 Å². The van der Waals surface area contributed by atoms with Crippen LogP contribution in [0.3, 0.4) is 0 Å². The van der Waals surface area contributed by atoms with Gasteiger partial charge in [-0.3, -0.25) is 0 Å². The average Bonchev–Trinajstić information content (AvgIpc) is 2.63. The molecule has 0 aliphatic carbocycles. The number of hydrogen-bond donors (Lipinski definition) is 0. The summed E-state index contributed by atoms with van der Waals surface area (Å²) in [6.07, 6.45) is 0. The molecule has 0 unspecified atom stereocenters. The van der Waals surface area contributed by atoms with Crippen molar-refractivity contribution in [1.29, 1.82) is 0 Å². The quantitative estimate of drug-likeness (QED) is 0.440. The average molecular weight is 461 g/mol. The summed E-state index contributed by atoms with van der Waals surface area (Å²) >= 11 is 6.87. The van der Waals surface area contributed by atoms with Crippen LogP contribution in [0.5, 0.6) is 0 Å². The minimum absolute atomic E-state index is 0.336. The lowest BCUT2D eigenvalue weighted by Crippen LogP contribution is -2.06. The van der Waals surface area contributed by atoms with Gasteiger partial charge in [0.1, 0.15) is 0 Å². The number of hydrogen-bond acceptors (Lipinski definition) is 3. The summed E-state index contributed by atoms with van der Waals surface area (Å²) in [5.41, 5.74) is 3.83. The highest BCUT2D eigenvalue weighted by Gasteiger charge is 2.13. The molecule has 1 heterocycles. The van der Waals surface area contributed by atoms with Crippen LogP contribution in [0.4, 0.5) is 0 Å². The summed E-state index contributed by atoms with van der Waals surface area (Å²) < 4.78 is 7.15. The highest BCUT2D eigenvalue weighted by molar-refractivity contribution is 9.10. The smallest absolute Gasteiger partial charge is 0.338 e. The van der Waals surface area contributed by atoms with Gasteiger partial charge in [0.2, 0.25) is 0 Å². The number of ether oxygens (including phenoxy) is 1. The Morgan fingerprint density at radius 3 is 1.72 bits per heavy atom. The van der Waals surface area contributed by atoms with Crippen LogP contribution in [0.2, 0.25) is 0 Å². The monoisotopic (exact) mass is 459 g/mol. The number of benzene rings is 2. The van der Waals surface area contributed by atoms with Gasteiger partial charge in [-0.15, -0.1) is 0 Å². The molecule has 0 saturated carbocycles. The van der Waals surface area contributed by atoms with E-state index in [9.17, 15) is 4.79 Å². The summed E-state index contributed by atoms with van der Waals surface area (Å²) in [5, 5.41) is 0. The highest BCUT2D eigenvalue weighted by atomic mass is 79.9. The molecule has 5 heteroatoms. The maximum absolute atomic E-state index is 12.3. The molecule has 0 bridgehead atoms. The van der Waals surface area contributed by atoms with E-state index in [1.54, 1.807) is 19.1 Å². The molecule has 0 saturated heterocycles. The predicted molar refractivity (Wildman–Crippen MR) is 106 cm³/mol. The summed E-state index contributed by atoms with van der Waals surface area (Å²) in [5.74, 6) is -0.346. The Bertz CT molecular complexity index is 827. The van der Waals surface area contributed by atoms with Gasteiger partial charge in [0, 0.05) is 20.1 Å². The minimum atomic E-state index is -0.346. The number of rotatable bonds is 4. The Kier molecular flexibility index (Phi) is 5.66. The molecule has 0 aliphatic heterocycles. The Morgan fingerprint density at radius 2 is 1.32 bits per heavy atom. The van der Waals surface area contributed by atoms with E-state index in [0.29, 0.717) is 12.2 Å². The van der Waals surface area contributed by atoms with Gasteiger partial charge in [-0.25, -0.2) is 9.78 Å². The van der Waals surface area contributed by atoms with Crippen LogP contribution in [0.1, 0.15) is 17.3 Å². The third kappa shape index (κ3) is 4.35. The van der Waals surface area contributed by atoms with Crippen molar-refractivity contribution >= 4 is 37.8 Å². The number of carbonyl (C=O) groups excluding carboxylic acids is 1. The third-order valence-corrected chi connectivity index (χ3v) is 4.67. The Hall–Kier alpha value is -1.98. The van der Waals surface area contributed by atoms with E-state index in [4.69, 9.17) is 9.72 Å². The zero-order chi connectivity index (χ0) is 17.8. The molecule has 0 amide bonds. The van der Waals surface area contributed by atoms with Crippen molar-refractivity contribution in [2.75, 3.05) is 6.61 Å². The van der Waals surface area contributed by atoms with E-state index in [0.717, 1.165) is 31.5 Å². The van der Waals surface area contributed by atoms with Crippen molar-refractivity contribution in [2.45, 2.75) is 6.92 Å². The largest absolute Gasteiger partial charge is 0.462 e. The van der Waals surface area contributed by atoms with Crippen molar-refractivity contribution in [2.24, 2.45) is 0 Å². The fourth-order valence-corrected chi connectivity index (χ4v) is 2.93. The van der Waals surface area contributed by atoms with E-state index < -0.39 is 0 Å². The van der Waals surface area contributed by atoms with Crippen LogP contribution in [-0.4, -0.2) is 17.6 Å². The second-order valence-corrected chi connectivity index (χ2v) is 7.19. The molecule has 25 heavy (non-hydrogen) atoms. The van der Waals surface area contributed by atoms with E-state index in [-0.39, 0.29) is 5.97 Å². The molecule has 0 aliphatic rings. The van der Waals surface area contributed by atoms with Crippen molar-refractivity contribution in [1.82, 2.24) is 4.98 Å². The van der Waals surface area contributed by atoms with Crippen LogP contribution >= 0.6 is 31.9 Å². The van der Waals surface area contributed by atoms with Crippen LogP contribution < -0.4 is 0 Å². The molecule has 3 nitrogen and oxygen atoms in total. The standard InChI is InChI=1S/C20H15Br2NO2/c1-2-25-20(24)15-11-18(13-3-7-16(21)8-4-13)23-19(12-15)14-5-9-17(22)10-6-14/h3-12H,2H2,1H3. The van der Waals surface area contributed by atoms with Crippen LogP contribution in [0, 0.1) is 0 Å². The number of aromatic nitrogens is 1. The van der Waals surface area contributed by atoms with Gasteiger partial charge in [-0.1, -0.05) is 56.1 Å². The number of carbonyl (C=O) groups is 1. The molecular weight excluding hydrogens is 446 g/mol. The van der Waals surface area contributed by atoms with Gasteiger partial charge in [-0.2, -0.15) is 0 Å². The summed E-state index contributed by atoms with van der Waals surface area (Å²) in [6.45, 7) is 2.13. The first-order valence-corrected chi connectivity index (χ1v) is 9.36. The lowest BCUT2D eigenvalue weighted by atomic mass is 10.0. The van der Waals surface area contributed by atoms with Crippen molar-refractivity contribution in [3.63, 3.8) is 0 Å². The van der Waals surface area contributed by atoms with Gasteiger partial charge < -0.3 is 4.74 Å². The maximum Gasteiger partial charge on any atom is 0.338 e. The zero-order valence-corrected chi connectivity index (χ0v) is 16.7. The minimum Gasteiger partial charge on any atom is -0.462 e. The van der Waals surface area contributed by atoms with Crippen LogP contribution in [0.15, 0.2) is 69.6 Å². The molecule has 3 aromatic rings. The SMILES string of the molecule is CCOC(=O)c1cc(-c2ccc(Br)cc2)nc(-c2ccc(Br)cc2)c1. The zero-order valence-electron chi connectivity index (χ0n) is 13.5. The summed E-state index contributed by atoms with van der Waals surface area (Å²) in [4.78, 5) is 17.0. The fraction of sp³-hybridized carbons (Fsp3) is 0.100. The van der Waals surface area contributed by atoms with Crippen LogP contribution in [-0.2, 0) is 4.74 Å². The van der Waals surface area contributed by atoms with Crippen molar-refractivity contribution < 1.29 is 9.53 Å². The second-order valence-electron chi connectivity index (χ2n) is 5.36. The molecule has 1 aromatic heterocycles. The summed E-state index contributed by atoms with van der Waals surface area (Å²) in [7, 11) is 0. The van der Waals surface area contributed by atoms with Gasteiger partial charge in [-0.05, 0) is 43.3 Å². The lowest BCUT2D eigenvalue weighted by molar-refractivity contribution is 0.0526. The lowest BCUT2D eigenvalue weighted by Gasteiger charge is -2.10. The Morgan fingerprint density at radius 1 is 0.880 bits per heavy atom. The van der Waals surface area contributed by atoms with Gasteiger partial charge in [0.05, 0.1) is 23.6 Å². The molecule has 126 valence electrons. The van der Waals surface area contributed by atoms with E-state index in [1.165, 1.54) is 0 Å². The second kappa shape index (κ2) is 7.93. The van der Waals surface area contributed by atoms with E-state index >= 15 is 0 Å². The molecule has 2 aromatic carbocycles. The number of esters is 1. The van der Waals surface area contributed by atoms with Crippen molar-refractivity contribution in [3.8, 4) is 22.5 Å². The Labute approximate surface area is 163 Å². The first-order valence-electron chi connectivity index (χ1n) is 7.78. The van der Waals surface area contributed by atoms with Gasteiger partial charge in [0.15, 0.2) is 0 Å². The number of nitrogens with zero attached hydrogens (tertiary/aromatic N) is 1. The third-order valence-electron chi connectivity index (χ3n) is 3.62. The summed E-state index contributed by atoms with van der Waals surface area (Å²) in [6, 6.07) is 19.2. The molecule has 0 N–H and O–H groups in total. The normalized spacial score (nSPS) is 10.5. The molecule has 0 spiro atoms. The van der Waals surface area contributed by atoms with Crippen LogP contribution in [0.25, 0.3) is 22.5 Å². The molecule has 3 rings (SSSR count). The highest BCUT2D eigenvalue weighted by Crippen LogP contribution is 2.27. The predicted octanol–water partition coefficient (Wildman–Crippen LogP) is 6.12. The topological polar surface area (TPSA) is 39.2 Å². The fourth-order valence-electron chi connectivity index (χ4n) is 2.40. The number of halogens is 2. The maximum atomic E-state index is 12.3. The van der Waals surface area contributed by atoms with Gasteiger partial charge >= 0.3 is 5.97 Å².